The molecule has 0 aromatic rings. The van der Waals surface area contributed by atoms with E-state index < -0.39 is 0 Å². The van der Waals surface area contributed by atoms with Gasteiger partial charge in [-0.05, 0) is 32.6 Å². The Morgan fingerprint density at radius 3 is 2.56 bits per heavy atom. The molecule has 1 aliphatic heterocycles. The largest absolute Gasteiger partial charge is 0.352 e. The maximum absolute atomic E-state index is 12.2. The van der Waals surface area contributed by atoms with E-state index in [9.17, 15) is 4.79 Å². The zero-order valence-corrected chi connectivity index (χ0v) is 10.5. The third kappa shape index (κ3) is 2.57. The molecule has 0 aromatic heterocycles. The first-order valence-corrected chi connectivity index (χ1v) is 6.64. The highest BCUT2D eigenvalue weighted by molar-refractivity contribution is 5.82. The van der Waals surface area contributed by atoms with Crippen molar-refractivity contribution in [3.8, 4) is 0 Å². The minimum Gasteiger partial charge on any atom is -0.352 e. The summed E-state index contributed by atoms with van der Waals surface area (Å²) in [6.07, 6.45) is 6.84. The summed E-state index contributed by atoms with van der Waals surface area (Å²) in [5.74, 6) is 0.284. The second-order valence-corrected chi connectivity index (χ2v) is 5.82. The van der Waals surface area contributed by atoms with Gasteiger partial charge in [-0.25, -0.2) is 0 Å². The first-order chi connectivity index (χ1) is 7.60. The van der Waals surface area contributed by atoms with Crippen molar-refractivity contribution in [2.45, 2.75) is 64.5 Å². The molecular weight excluding hydrogens is 200 g/mol. The number of carbonyl (C=O) groups is 1. The van der Waals surface area contributed by atoms with Crippen LogP contribution in [0.1, 0.15) is 52.4 Å². The van der Waals surface area contributed by atoms with Gasteiger partial charge in [0.1, 0.15) is 0 Å². The molecule has 2 rings (SSSR count). The van der Waals surface area contributed by atoms with Gasteiger partial charge in [0.25, 0.3) is 0 Å². The standard InChI is InChI=1S/C13H24N2O/c1-10-5-6-11(9-14-10)15-12(16)13(2)7-3-4-8-13/h10-11,14H,3-9H2,1-2H3,(H,15,16). The number of hydrogen-bond acceptors (Lipinski definition) is 2. The van der Waals surface area contributed by atoms with Crippen molar-refractivity contribution in [2.24, 2.45) is 5.41 Å². The normalized spacial score (nSPS) is 33.6. The van der Waals surface area contributed by atoms with Gasteiger partial charge in [0.15, 0.2) is 0 Å². The summed E-state index contributed by atoms with van der Waals surface area (Å²) in [5, 5.41) is 6.65. The number of hydrogen-bond donors (Lipinski definition) is 2. The molecule has 2 N–H and O–H groups in total. The van der Waals surface area contributed by atoms with Crippen molar-refractivity contribution >= 4 is 5.91 Å². The van der Waals surface area contributed by atoms with Crippen LogP contribution in [0.25, 0.3) is 0 Å². The molecule has 2 fully saturated rings. The van der Waals surface area contributed by atoms with E-state index in [1.807, 2.05) is 0 Å². The molecule has 2 atom stereocenters. The molecule has 1 amide bonds. The lowest BCUT2D eigenvalue weighted by Crippen LogP contribution is -2.51. The Balaban J connectivity index is 1.83. The van der Waals surface area contributed by atoms with Gasteiger partial charge >= 0.3 is 0 Å². The summed E-state index contributed by atoms with van der Waals surface area (Å²) in [4.78, 5) is 12.2. The number of amides is 1. The molecule has 3 heteroatoms. The van der Waals surface area contributed by atoms with Crippen LogP contribution in [0, 0.1) is 5.41 Å². The Labute approximate surface area is 98.4 Å². The molecule has 16 heavy (non-hydrogen) atoms. The third-order valence-corrected chi connectivity index (χ3v) is 4.25. The second kappa shape index (κ2) is 4.74. The topological polar surface area (TPSA) is 41.1 Å². The van der Waals surface area contributed by atoms with Crippen LogP contribution in [0.4, 0.5) is 0 Å². The van der Waals surface area contributed by atoms with E-state index in [-0.39, 0.29) is 11.3 Å². The molecule has 1 heterocycles. The summed E-state index contributed by atoms with van der Waals surface area (Å²) in [7, 11) is 0. The minimum atomic E-state index is -0.0803. The molecule has 0 radical (unpaired) electrons. The molecule has 0 aromatic carbocycles. The third-order valence-electron chi connectivity index (χ3n) is 4.25. The lowest BCUT2D eigenvalue weighted by Gasteiger charge is -2.31. The highest BCUT2D eigenvalue weighted by atomic mass is 16.2. The van der Waals surface area contributed by atoms with Gasteiger partial charge in [0.05, 0.1) is 0 Å². The average molecular weight is 224 g/mol. The summed E-state index contributed by atoms with van der Waals surface area (Å²) >= 11 is 0. The highest BCUT2D eigenvalue weighted by Crippen LogP contribution is 2.37. The van der Waals surface area contributed by atoms with Gasteiger partial charge in [-0.1, -0.05) is 19.8 Å². The van der Waals surface area contributed by atoms with Crippen LogP contribution in [0.5, 0.6) is 0 Å². The van der Waals surface area contributed by atoms with Crippen molar-refractivity contribution in [1.29, 1.82) is 0 Å². The Morgan fingerprint density at radius 1 is 1.31 bits per heavy atom. The Bertz CT molecular complexity index is 251. The molecular formula is C13H24N2O. The molecule has 0 bridgehead atoms. The maximum atomic E-state index is 12.2. The van der Waals surface area contributed by atoms with Gasteiger partial charge in [-0.2, -0.15) is 0 Å². The summed E-state index contributed by atoms with van der Waals surface area (Å²) in [5.41, 5.74) is -0.0803. The number of nitrogens with one attached hydrogen (secondary N) is 2. The molecule has 1 aliphatic carbocycles. The lowest BCUT2D eigenvalue weighted by molar-refractivity contribution is -0.130. The van der Waals surface area contributed by atoms with E-state index in [2.05, 4.69) is 24.5 Å². The number of carbonyl (C=O) groups excluding carboxylic acids is 1. The van der Waals surface area contributed by atoms with Crippen molar-refractivity contribution in [3.05, 3.63) is 0 Å². The van der Waals surface area contributed by atoms with Crippen LogP contribution in [0.15, 0.2) is 0 Å². The van der Waals surface area contributed by atoms with Crippen molar-refractivity contribution < 1.29 is 4.79 Å². The molecule has 2 unspecified atom stereocenters. The zero-order valence-electron chi connectivity index (χ0n) is 10.5. The van der Waals surface area contributed by atoms with Crippen LogP contribution in [0.3, 0.4) is 0 Å². The molecule has 92 valence electrons. The van der Waals surface area contributed by atoms with Gasteiger partial charge in [-0.15, -0.1) is 0 Å². The van der Waals surface area contributed by atoms with Crippen LogP contribution < -0.4 is 10.6 Å². The summed E-state index contributed by atoms with van der Waals surface area (Å²) in [6.45, 7) is 5.26. The smallest absolute Gasteiger partial charge is 0.226 e. The molecule has 1 saturated heterocycles. The SMILES string of the molecule is CC1CCC(NC(=O)C2(C)CCCC2)CN1. The van der Waals surface area contributed by atoms with E-state index >= 15 is 0 Å². The van der Waals surface area contributed by atoms with Crippen molar-refractivity contribution in [1.82, 2.24) is 10.6 Å². The molecule has 2 aliphatic rings. The van der Waals surface area contributed by atoms with E-state index in [4.69, 9.17) is 0 Å². The van der Waals surface area contributed by atoms with Crippen LogP contribution >= 0.6 is 0 Å². The highest BCUT2D eigenvalue weighted by Gasteiger charge is 2.37. The fourth-order valence-corrected chi connectivity index (χ4v) is 2.86. The van der Waals surface area contributed by atoms with Crippen LogP contribution in [-0.2, 0) is 4.79 Å². The monoisotopic (exact) mass is 224 g/mol. The zero-order chi connectivity index (χ0) is 11.6. The Morgan fingerprint density at radius 2 is 2.00 bits per heavy atom. The van der Waals surface area contributed by atoms with E-state index in [1.54, 1.807) is 0 Å². The van der Waals surface area contributed by atoms with E-state index in [1.165, 1.54) is 19.3 Å². The van der Waals surface area contributed by atoms with Crippen LogP contribution in [-0.4, -0.2) is 24.5 Å². The molecule has 1 saturated carbocycles. The second-order valence-electron chi connectivity index (χ2n) is 5.82. The average Bonchev–Trinajstić information content (AvgIpc) is 2.70. The Kier molecular flexibility index (Phi) is 3.53. The maximum Gasteiger partial charge on any atom is 0.226 e. The quantitative estimate of drug-likeness (QED) is 0.751. The fourth-order valence-electron chi connectivity index (χ4n) is 2.86. The van der Waals surface area contributed by atoms with E-state index in [0.29, 0.717) is 12.1 Å². The van der Waals surface area contributed by atoms with Gasteiger partial charge in [0, 0.05) is 24.0 Å². The number of piperidine rings is 1. The van der Waals surface area contributed by atoms with Crippen molar-refractivity contribution in [3.63, 3.8) is 0 Å². The van der Waals surface area contributed by atoms with Gasteiger partial charge in [0.2, 0.25) is 5.91 Å². The summed E-state index contributed by atoms with van der Waals surface area (Å²) in [6, 6.07) is 0.955. The predicted molar refractivity (Wildman–Crippen MR) is 65.2 cm³/mol. The molecule has 3 nitrogen and oxygen atoms in total. The van der Waals surface area contributed by atoms with E-state index in [0.717, 1.165) is 25.8 Å². The first kappa shape index (κ1) is 11.9. The number of rotatable bonds is 2. The van der Waals surface area contributed by atoms with Gasteiger partial charge < -0.3 is 10.6 Å². The summed E-state index contributed by atoms with van der Waals surface area (Å²) < 4.78 is 0. The van der Waals surface area contributed by atoms with Gasteiger partial charge in [-0.3, -0.25) is 4.79 Å². The first-order valence-electron chi connectivity index (χ1n) is 6.64. The van der Waals surface area contributed by atoms with Crippen molar-refractivity contribution in [2.75, 3.05) is 6.54 Å². The predicted octanol–water partition coefficient (Wildman–Crippen LogP) is 1.82. The lowest BCUT2D eigenvalue weighted by atomic mass is 9.87. The Hall–Kier alpha value is -0.570. The minimum absolute atomic E-state index is 0.0803. The molecule has 0 spiro atoms. The fraction of sp³-hybridized carbons (Fsp3) is 0.923. The van der Waals surface area contributed by atoms with Crippen LogP contribution in [0.2, 0.25) is 0 Å².